The molecule has 0 heterocycles. The summed E-state index contributed by atoms with van der Waals surface area (Å²) < 4.78 is 37.4. The summed E-state index contributed by atoms with van der Waals surface area (Å²) >= 11 is -1.72. The van der Waals surface area contributed by atoms with Crippen molar-refractivity contribution in [1.29, 1.82) is 0 Å². The van der Waals surface area contributed by atoms with Gasteiger partial charge in [0.2, 0.25) is 11.8 Å². The van der Waals surface area contributed by atoms with E-state index in [1.165, 1.54) is 0 Å². The van der Waals surface area contributed by atoms with Gasteiger partial charge in [-0.25, -0.2) is 12.6 Å². The molecule has 2 amide bonds. The second kappa shape index (κ2) is 9.39. The number of nitrogens with one attached hydrogen (secondary N) is 2. The zero-order valence-corrected chi connectivity index (χ0v) is 12.3. The maximum atomic E-state index is 11.2. The standard InChI is InChI=1S/C10H16N2O6S2/c1-3-19(15)18-7-9(13)11-5-6-12-10(14)8-20(16,17)4-2/h3-4H,1-2,5-8H2,(H,11,13)(H,12,14). The number of hydrogen-bond acceptors (Lipinski definition) is 6. The SMILES string of the molecule is C=CS(=O)OCC(=O)NCCNC(=O)CS(=O)(=O)C=C. The number of sulfone groups is 1. The van der Waals surface area contributed by atoms with E-state index in [-0.39, 0.29) is 13.1 Å². The van der Waals surface area contributed by atoms with Gasteiger partial charge in [0.05, 0.1) is 0 Å². The molecule has 0 aromatic rings. The molecule has 1 unspecified atom stereocenters. The van der Waals surface area contributed by atoms with Crippen molar-refractivity contribution in [3.63, 3.8) is 0 Å². The van der Waals surface area contributed by atoms with Crippen molar-refractivity contribution < 1.29 is 26.4 Å². The lowest BCUT2D eigenvalue weighted by Crippen LogP contribution is -2.38. The Balaban J connectivity index is 3.78. The van der Waals surface area contributed by atoms with Gasteiger partial charge < -0.3 is 10.6 Å². The average Bonchev–Trinajstić information content (AvgIpc) is 2.40. The molecule has 0 aliphatic carbocycles. The van der Waals surface area contributed by atoms with Crippen LogP contribution in [0.1, 0.15) is 0 Å². The van der Waals surface area contributed by atoms with E-state index in [4.69, 9.17) is 0 Å². The zero-order chi connectivity index (χ0) is 15.6. The number of carbonyl (C=O) groups is 2. The van der Waals surface area contributed by atoms with Crippen LogP contribution in [0.25, 0.3) is 0 Å². The van der Waals surface area contributed by atoms with Crippen LogP contribution in [0.5, 0.6) is 0 Å². The Morgan fingerprint density at radius 3 is 2.20 bits per heavy atom. The lowest BCUT2D eigenvalue weighted by atomic mass is 10.5. The summed E-state index contributed by atoms with van der Waals surface area (Å²) in [4.78, 5) is 22.3. The molecule has 20 heavy (non-hydrogen) atoms. The van der Waals surface area contributed by atoms with Crippen molar-refractivity contribution in [2.75, 3.05) is 25.4 Å². The molecular weight excluding hydrogens is 308 g/mol. The van der Waals surface area contributed by atoms with Crippen LogP contribution < -0.4 is 10.6 Å². The first-order valence-corrected chi connectivity index (χ1v) is 8.21. The summed E-state index contributed by atoms with van der Waals surface area (Å²) in [7, 11) is -3.59. The molecule has 0 rings (SSSR count). The minimum atomic E-state index is -3.59. The van der Waals surface area contributed by atoms with Crippen molar-refractivity contribution in [3.05, 3.63) is 24.0 Å². The molecule has 0 bridgehead atoms. The third-order valence-electron chi connectivity index (χ3n) is 1.80. The molecule has 10 heteroatoms. The average molecular weight is 324 g/mol. The van der Waals surface area contributed by atoms with E-state index in [9.17, 15) is 22.2 Å². The van der Waals surface area contributed by atoms with Crippen LogP contribution in [0.4, 0.5) is 0 Å². The van der Waals surface area contributed by atoms with Crippen LogP contribution in [-0.4, -0.2) is 49.9 Å². The van der Waals surface area contributed by atoms with Crippen LogP contribution in [0.2, 0.25) is 0 Å². The second-order valence-corrected chi connectivity index (χ2v) is 6.40. The lowest BCUT2D eigenvalue weighted by Gasteiger charge is -2.06. The van der Waals surface area contributed by atoms with Crippen LogP contribution in [0, 0.1) is 0 Å². The van der Waals surface area contributed by atoms with Gasteiger partial charge in [-0.3, -0.25) is 13.8 Å². The highest BCUT2D eigenvalue weighted by atomic mass is 32.2. The fourth-order valence-electron chi connectivity index (χ4n) is 0.907. The Bertz CT molecular complexity index is 500. The summed E-state index contributed by atoms with van der Waals surface area (Å²) in [5.74, 6) is -1.90. The van der Waals surface area contributed by atoms with Gasteiger partial charge in [0, 0.05) is 23.9 Å². The molecule has 0 fully saturated rings. The van der Waals surface area contributed by atoms with E-state index in [1.807, 2.05) is 0 Å². The van der Waals surface area contributed by atoms with Crippen LogP contribution in [0.15, 0.2) is 24.0 Å². The van der Waals surface area contributed by atoms with Gasteiger partial charge in [-0.1, -0.05) is 13.2 Å². The molecule has 2 N–H and O–H groups in total. The van der Waals surface area contributed by atoms with Crippen LogP contribution in [-0.2, 0) is 34.7 Å². The topological polar surface area (TPSA) is 119 Å². The minimum absolute atomic E-state index is 0.0573. The van der Waals surface area contributed by atoms with Gasteiger partial charge in [0.1, 0.15) is 12.4 Å². The molecule has 8 nitrogen and oxygen atoms in total. The smallest absolute Gasteiger partial charge is 0.247 e. The maximum absolute atomic E-state index is 11.2. The van der Waals surface area contributed by atoms with E-state index in [2.05, 4.69) is 28.0 Å². The summed E-state index contributed by atoms with van der Waals surface area (Å²) in [5.41, 5.74) is 0. The van der Waals surface area contributed by atoms with E-state index in [0.717, 1.165) is 5.41 Å². The molecule has 0 aliphatic heterocycles. The Morgan fingerprint density at radius 1 is 1.15 bits per heavy atom. The monoisotopic (exact) mass is 324 g/mol. The van der Waals surface area contributed by atoms with Crippen molar-refractivity contribution in [2.45, 2.75) is 0 Å². The van der Waals surface area contributed by atoms with Gasteiger partial charge >= 0.3 is 0 Å². The molecule has 114 valence electrons. The number of hydrogen-bond donors (Lipinski definition) is 2. The van der Waals surface area contributed by atoms with Crippen LogP contribution >= 0.6 is 0 Å². The Labute approximate surface area is 119 Å². The summed E-state index contributed by atoms with van der Waals surface area (Å²) in [5, 5.41) is 6.42. The highest BCUT2D eigenvalue weighted by molar-refractivity contribution is 7.94. The number of rotatable bonds is 10. The normalized spacial score (nSPS) is 12.2. The first kappa shape index (κ1) is 18.5. The van der Waals surface area contributed by atoms with Gasteiger partial charge in [-0.05, 0) is 0 Å². The van der Waals surface area contributed by atoms with Crippen LogP contribution in [0.3, 0.4) is 0 Å². The molecule has 0 saturated heterocycles. The van der Waals surface area contributed by atoms with Crippen molar-refractivity contribution >= 4 is 32.7 Å². The first-order valence-electron chi connectivity index (χ1n) is 5.35. The Hall–Kier alpha value is -1.52. The van der Waals surface area contributed by atoms with E-state index < -0.39 is 45.1 Å². The third kappa shape index (κ3) is 9.42. The Morgan fingerprint density at radius 2 is 1.70 bits per heavy atom. The third-order valence-corrected chi connectivity index (χ3v) is 3.59. The Kier molecular flexibility index (Phi) is 8.68. The molecule has 0 radical (unpaired) electrons. The molecule has 1 atom stereocenters. The fraction of sp³-hybridized carbons (Fsp3) is 0.400. The van der Waals surface area contributed by atoms with E-state index >= 15 is 0 Å². The highest BCUT2D eigenvalue weighted by Crippen LogP contribution is 1.89. The zero-order valence-electron chi connectivity index (χ0n) is 10.7. The number of carbonyl (C=O) groups excluding carboxylic acids is 2. The molecular formula is C10H16N2O6S2. The van der Waals surface area contributed by atoms with Crippen molar-refractivity contribution in [1.82, 2.24) is 10.6 Å². The predicted octanol–water partition coefficient (Wildman–Crippen LogP) is -1.40. The predicted molar refractivity (Wildman–Crippen MR) is 74.3 cm³/mol. The maximum Gasteiger partial charge on any atom is 0.247 e. The lowest BCUT2D eigenvalue weighted by molar-refractivity contribution is -0.123. The summed E-state index contributed by atoms with van der Waals surface area (Å²) in [6.45, 7) is 6.02. The van der Waals surface area contributed by atoms with Gasteiger partial charge in [0.15, 0.2) is 20.9 Å². The molecule has 0 spiro atoms. The molecule has 0 aromatic carbocycles. The quantitative estimate of drug-likeness (QED) is 0.477. The van der Waals surface area contributed by atoms with Gasteiger partial charge in [-0.15, -0.1) is 0 Å². The summed E-state index contributed by atoms with van der Waals surface area (Å²) in [6.07, 6.45) is 0. The first-order chi connectivity index (χ1) is 9.30. The molecule has 0 aromatic heterocycles. The van der Waals surface area contributed by atoms with E-state index in [0.29, 0.717) is 5.41 Å². The van der Waals surface area contributed by atoms with Crippen molar-refractivity contribution in [3.8, 4) is 0 Å². The molecule has 0 saturated carbocycles. The van der Waals surface area contributed by atoms with Gasteiger partial charge in [-0.2, -0.15) is 0 Å². The largest absolute Gasteiger partial charge is 0.353 e. The second-order valence-electron chi connectivity index (χ2n) is 3.36. The number of amides is 2. The van der Waals surface area contributed by atoms with E-state index in [1.54, 1.807) is 0 Å². The van der Waals surface area contributed by atoms with Gasteiger partial charge in [0.25, 0.3) is 0 Å². The minimum Gasteiger partial charge on any atom is -0.353 e. The summed E-state index contributed by atoms with van der Waals surface area (Å²) in [6, 6.07) is 0. The molecule has 0 aliphatic rings. The highest BCUT2D eigenvalue weighted by Gasteiger charge is 2.12. The fourth-order valence-corrected chi connectivity index (χ4v) is 1.81. The van der Waals surface area contributed by atoms with Crippen molar-refractivity contribution in [2.24, 2.45) is 0 Å².